The monoisotopic (exact) mass is 665 g/mol. The van der Waals surface area contributed by atoms with Crippen molar-refractivity contribution in [3.05, 3.63) is 71.0 Å². The minimum Gasteiger partial charge on any atom is -0.378 e. The maximum absolute atomic E-state index is 12.0. The van der Waals surface area contributed by atoms with Gasteiger partial charge in [0.2, 0.25) is 16.0 Å². The number of rotatable bonds is 8. The van der Waals surface area contributed by atoms with Crippen LogP contribution in [0.5, 0.6) is 0 Å². The van der Waals surface area contributed by atoms with Gasteiger partial charge in [0.1, 0.15) is 0 Å². The van der Waals surface area contributed by atoms with Gasteiger partial charge in [0.25, 0.3) is 0 Å². The number of fused-ring (bicyclic) bond motifs is 2. The van der Waals surface area contributed by atoms with Crippen LogP contribution in [0, 0.1) is 0 Å². The third-order valence-corrected chi connectivity index (χ3v) is 10.6. The number of hydrogen-bond acceptors (Lipinski definition) is 11. The molecule has 2 fully saturated rings. The highest BCUT2D eigenvalue weighted by Gasteiger charge is 2.26. The number of hydrazone groups is 1. The van der Waals surface area contributed by atoms with Crippen LogP contribution < -0.4 is 15.2 Å². The molecule has 0 radical (unpaired) electrons. The lowest BCUT2D eigenvalue weighted by Gasteiger charge is -2.33. The van der Waals surface area contributed by atoms with E-state index in [0.717, 1.165) is 50.7 Å². The van der Waals surface area contributed by atoms with Gasteiger partial charge in [0.05, 0.1) is 51.9 Å². The fraction of sp³-hybridized carbons (Fsp3) is 0.333. The molecule has 0 amide bonds. The zero-order chi connectivity index (χ0) is 31.0. The van der Waals surface area contributed by atoms with E-state index < -0.39 is 10.0 Å². The van der Waals surface area contributed by atoms with Gasteiger partial charge in [-0.25, -0.2) is 23.8 Å². The summed E-state index contributed by atoms with van der Waals surface area (Å²) < 4.78 is 34.2. The Morgan fingerprint density at radius 3 is 2.53 bits per heavy atom. The van der Waals surface area contributed by atoms with Crippen molar-refractivity contribution in [3.63, 3.8) is 0 Å². The predicted molar refractivity (Wildman–Crippen MR) is 181 cm³/mol. The number of thiophene rings is 1. The van der Waals surface area contributed by atoms with Gasteiger partial charge in [-0.1, -0.05) is 35.9 Å². The second-order valence-electron chi connectivity index (χ2n) is 11.0. The first kappa shape index (κ1) is 29.9. The SMILES string of the molecule is CS(=O)(=O)N1CCN(c2cc3nc(N/N=C/c4nc5ccccc5n4Cc4cccc(Cl)c4)nc(N4CCOCC4)c3s2)CC1. The second kappa shape index (κ2) is 12.5. The number of morpholine rings is 1. The fourth-order valence-corrected chi connectivity index (χ4v) is 7.87. The van der Waals surface area contributed by atoms with E-state index in [0.29, 0.717) is 62.7 Å². The van der Waals surface area contributed by atoms with Crippen LogP contribution in [-0.4, -0.2) is 97.2 Å². The molecule has 3 aromatic heterocycles. The van der Waals surface area contributed by atoms with Crippen LogP contribution in [0.4, 0.5) is 16.8 Å². The number of sulfonamides is 1. The van der Waals surface area contributed by atoms with Crippen LogP contribution in [0.2, 0.25) is 5.02 Å². The normalized spacial score (nSPS) is 16.8. The Kier molecular flexibility index (Phi) is 8.31. The number of aromatic nitrogens is 4. The van der Waals surface area contributed by atoms with Crippen molar-refractivity contribution in [2.24, 2.45) is 5.10 Å². The van der Waals surface area contributed by atoms with Crippen LogP contribution in [0.15, 0.2) is 59.7 Å². The lowest BCUT2D eigenvalue weighted by molar-refractivity contribution is 0.122. The number of halogens is 1. The Labute approximate surface area is 270 Å². The number of benzene rings is 2. The predicted octanol–water partition coefficient (Wildman–Crippen LogP) is 4.11. The molecule has 0 aliphatic carbocycles. The topological polar surface area (TPSA) is 121 Å². The molecule has 5 heterocycles. The number of para-hydroxylation sites is 2. The highest BCUT2D eigenvalue weighted by molar-refractivity contribution is 7.88. The standard InChI is InChI=1S/C30H32ClN9O3S2/c1-45(41,42)39-11-9-37(10-12-39)27-18-24-28(44-27)29(38-13-15-43-16-14-38)35-30(34-24)36-32-19-26-33-23-7-2-3-8-25(23)40(26)20-21-5-4-6-22(31)17-21/h2-8,17-19H,9-16,20H2,1H3,(H,34,35,36)/b32-19+. The van der Waals surface area contributed by atoms with Crippen LogP contribution in [0.1, 0.15) is 11.4 Å². The molecule has 2 aliphatic rings. The molecule has 45 heavy (non-hydrogen) atoms. The number of ether oxygens (including phenoxy) is 1. The number of anilines is 3. The van der Waals surface area contributed by atoms with Crippen molar-refractivity contribution in [2.45, 2.75) is 6.54 Å². The summed E-state index contributed by atoms with van der Waals surface area (Å²) in [5.41, 5.74) is 6.79. The average Bonchev–Trinajstić information content (AvgIpc) is 3.62. The maximum atomic E-state index is 12.0. The molecule has 0 unspecified atom stereocenters. The minimum atomic E-state index is -3.20. The Balaban J connectivity index is 1.18. The molecule has 0 saturated carbocycles. The van der Waals surface area contributed by atoms with Crippen molar-refractivity contribution >= 4 is 77.2 Å². The van der Waals surface area contributed by atoms with E-state index in [1.807, 2.05) is 48.5 Å². The highest BCUT2D eigenvalue weighted by Crippen LogP contribution is 2.38. The molecule has 15 heteroatoms. The molecule has 7 rings (SSSR count). The smallest absolute Gasteiger partial charge is 0.246 e. The van der Waals surface area contributed by atoms with Gasteiger partial charge in [-0.05, 0) is 35.9 Å². The lowest BCUT2D eigenvalue weighted by Crippen LogP contribution is -2.48. The summed E-state index contributed by atoms with van der Waals surface area (Å²) in [6.45, 7) is 5.43. The Morgan fingerprint density at radius 1 is 0.956 bits per heavy atom. The van der Waals surface area contributed by atoms with E-state index in [9.17, 15) is 8.42 Å². The lowest BCUT2D eigenvalue weighted by atomic mass is 10.2. The summed E-state index contributed by atoms with van der Waals surface area (Å²) in [6.07, 6.45) is 2.95. The first-order chi connectivity index (χ1) is 21.8. The van der Waals surface area contributed by atoms with Crippen molar-refractivity contribution in [1.29, 1.82) is 0 Å². The fourth-order valence-electron chi connectivity index (χ4n) is 5.66. The van der Waals surface area contributed by atoms with E-state index in [4.69, 9.17) is 31.3 Å². The molecule has 0 atom stereocenters. The van der Waals surface area contributed by atoms with Crippen molar-refractivity contribution in [2.75, 3.05) is 74.0 Å². The quantitative estimate of drug-likeness (QED) is 0.193. The van der Waals surface area contributed by atoms with Gasteiger partial charge >= 0.3 is 0 Å². The Hall–Kier alpha value is -3.82. The minimum absolute atomic E-state index is 0.379. The summed E-state index contributed by atoms with van der Waals surface area (Å²) in [5.74, 6) is 1.90. The summed E-state index contributed by atoms with van der Waals surface area (Å²) >= 11 is 7.89. The van der Waals surface area contributed by atoms with Crippen LogP contribution in [0.25, 0.3) is 21.3 Å². The number of piperazine rings is 1. The van der Waals surface area contributed by atoms with Crippen LogP contribution in [0.3, 0.4) is 0 Å². The molecular formula is C30H32ClN9O3S2. The third-order valence-electron chi connectivity index (χ3n) is 7.93. The molecule has 234 valence electrons. The van der Waals surface area contributed by atoms with Gasteiger partial charge in [-0.15, -0.1) is 11.3 Å². The number of imidazole rings is 1. The summed E-state index contributed by atoms with van der Waals surface area (Å²) in [6, 6.07) is 17.8. The van der Waals surface area contributed by atoms with Crippen LogP contribution >= 0.6 is 22.9 Å². The van der Waals surface area contributed by atoms with Crippen molar-refractivity contribution in [3.8, 4) is 0 Å². The molecule has 2 aromatic carbocycles. The number of nitrogens with one attached hydrogen (secondary N) is 1. The largest absolute Gasteiger partial charge is 0.378 e. The zero-order valence-electron chi connectivity index (χ0n) is 24.6. The molecule has 0 bridgehead atoms. The first-order valence-electron chi connectivity index (χ1n) is 14.6. The molecular weight excluding hydrogens is 634 g/mol. The maximum Gasteiger partial charge on any atom is 0.246 e. The molecule has 2 saturated heterocycles. The van der Waals surface area contributed by atoms with Crippen LogP contribution in [-0.2, 0) is 21.3 Å². The van der Waals surface area contributed by atoms with E-state index in [1.54, 1.807) is 17.6 Å². The third kappa shape index (κ3) is 6.47. The Morgan fingerprint density at radius 2 is 1.76 bits per heavy atom. The molecule has 0 spiro atoms. The Bertz CT molecular complexity index is 1980. The van der Waals surface area contributed by atoms with Gasteiger partial charge in [0, 0.05) is 50.8 Å². The summed E-state index contributed by atoms with van der Waals surface area (Å²) in [7, 11) is -3.20. The summed E-state index contributed by atoms with van der Waals surface area (Å²) in [5, 5.41) is 6.25. The van der Waals surface area contributed by atoms with E-state index >= 15 is 0 Å². The van der Waals surface area contributed by atoms with Crippen molar-refractivity contribution in [1.82, 2.24) is 23.8 Å². The second-order valence-corrected chi connectivity index (χ2v) is 14.4. The number of hydrogen-bond donors (Lipinski definition) is 1. The zero-order valence-corrected chi connectivity index (χ0v) is 27.0. The van der Waals surface area contributed by atoms with E-state index in [2.05, 4.69) is 31.0 Å². The van der Waals surface area contributed by atoms with E-state index in [-0.39, 0.29) is 0 Å². The van der Waals surface area contributed by atoms with Gasteiger partial charge in [-0.2, -0.15) is 14.4 Å². The molecule has 2 aliphatic heterocycles. The summed E-state index contributed by atoms with van der Waals surface area (Å²) in [4.78, 5) is 19.0. The van der Waals surface area contributed by atoms with Crippen molar-refractivity contribution < 1.29 is 13.2 Å². The first-order valence-corrected chi connectivity index (χ1v) is 17.7. The molecule has 5 aromatic rings. The molecule has 1 N–H and O–H groups in total. The van der Waals surface area contributed by atoms with Gasteiger partial charge in [0.15, 0.2) is 11.6 Å². The van der Waals surface area contributed by atoms with E-state index in [1.165, 1.54) is 10.6 Å². The highest BCUT2D eigenvalue weighted by atomic mass is 35.5. The average molecular weight is 666 g/mol. The number of nitrogens with zero attached hydrogens (tertiary/aromatic N) is 8. The van der Waals surface area contributed by atoms with Gasteiger partial charge < -0.3 is 19.1 Å². The molecule has 12 nitrogen and oxygen atoms in total. The van der Waals surface area contributed by atoms with Gasteiger partial charge in [-0.3, -0.25) is 0 Å².